The van der Waals surface area contributed by atoms with Gasteiger partial charge in [0, 0.05) is 8.95 Å². The summed E-state index contributed by atoms with van der Waals surface area (Å²) in [6, 6.07) is 10.6. The summed E-state index contributed by atoms with van der Waals surface area (Å²) >= 11 is 11.6. The lowest BCUT2D eigenvalue weighted by Gasteiger charge is -2.18. The van der Waals surface area contributed by atoms with Crippen molar-refractivity contribution in [2.75, 3.05) is 36.9 Å². The summed E-state index contributed by atoms with van der Waals surface area (Å²) in [6.45, 7) is 2.93. The minimum atomic E-state index is -0.0860. The van der Waals surface area contributed by atoms with E-state index in [0.717, 1.165) is 8.95 Å². The first-order valence-corrected chi connectivity index (χ1v) is 11.4. The Morgan fingerprint density at radius 2 is 1.48 bits per heavy atom. The number of halogens is 3. The number of ketones is 2. The number of methoxy groups -OCH3 is 2. The second kappa shape index (κ2) is 17.1. The number of nitrogens with one attached hydrogen (secondary N) is 1. The standard InChI is InChI=1S/C11H12BrNO3.C8H8BrNO2.C3H5ClO/c1-8(15)6-13(7-14)10-4-3-9(12)5-11(10)16-2;1-12-8-4-6(9)2-3-7(8)10-5-11;1-3(5)2-4/h3-5,7H,6H2,1-2H3;2-5H,1H3,(H,10,11);2H2,1H3. The van der Waals surface area contributed by atoms with E-state index in [-0.39, 0.29) is 24.0 Å². The molecule has 8 nitrogen and oxygen atoms in total. The van der Waals surface area contributed by atoms with Crippen LogP contribution in [-0.2, 0) is 19.2 Å². The molecule has 0 spiro atoms. The van der Waals surface area contributed by atoms with E-state index in [1.54, 1.807) is 37.4 Å². The molecule has 2 aromatic carbocycles. The van der Waals surface area contributed by atoms with Crippen LogP contribution in [0.4, 0.5) is 11.4 Å². The smallest absolute Gasteiger partial charge is 0.214 e. The van der Waals surface area contributed by atoms with Crippen molar-refractivity contribution >= 4 is 79.2 Å². The van der Waals surface area contributed by atoms with Crippen molar-refractivity contribution in [1.29, 1.82) is 0 Å². The summed E-state index contributed by atoms with van der Waals surface area (Å²) in [5, 5.41) is 2.53. The zero-order chi connectivity index (χ0) is 25.4. The Hall–Kier alpha value is -2.43. The van der Waals surface area contributed by atoms with Gasteiger partial charge in [0.1, 0.15) is 23.1 Å². The molecule has 2 aromatic rings. The van der Waals surface area contributed by atoms with Crippen molar-refractivity contribution < 1.29 is 28.7 Å². The Labute approximate surface area is 214 Å². The van der Waals surface area contributed by atoms with Crippen LogP contribution >= 0.6 is 43.5 Å². The fourth-order valence-corrected chi connectivity index (χ4v) is 2.84. The molecule has 11 heteroatoms. The van der Waals surface area contributed by atoms with E-state index in [2.05, 4.69) is 37.2 Å². The summed E-state index contributed by atoms with van der Waals surface area (Å²) in [5.74, 6) is 1.25. The lowest BCUT2D eigenvalue weighted by atomic mass is 10.2. The monoisotopic (exact) mass is 606 g/mol. The average molecular weight is 609 g/mol. The van der Waals surface area contributed by atoms with Gasteiger partial charge in [0.15, 0.2) is 0 Å². The van der Waals surface area contributed by atoms with Crippen molar-refractivity contribution in [2.45, 2.75) is 13.8 Å². The largest absolute Gasteiger partial charge is 0.495 e. The van der Waals surface area contributed by atoms with Crippen molar-refractivity contribution in [2.24, 2.45) is 0 Å². The molecule has 2 rings (SSSR count). The minimum absolute atomic E-state index is 0.0201. The summed E-state index contributed by atoms with van der Waals surface area (Å²) in [5.41, 5.74) is 1.24. The molecule has 180 valence electrons. The highest BCUT2D eigenvalue weighted by atomic mass is 79.9. The molecular formula is C22H25Br2ClN2O6. The molecule has 0 saturated carbocycles. The van der Waals surface area contributed by atoms with Gasteiger partial charge in [-0.1, -0.05) is 31.9 Å². The van der Waals surface area contributed by atoms with Crippen molar-refractivity contribution in [3.05, 3.63) is 45.3 Å². The van der Waals surface area contributed by atoms with Crippen LogP contribution in [0, 0.1) is 0 Å². The molecule has 0 aliphatic rings. The quantitative estimate of drug-likeness (QED) is 0.323. The summed E-state index contributed by atoms with van der Waals surface area (Å²) in [4.78, 5) is 43.0. The molecular weight excluding hydrogens is 584 g/mol. The van der Waals surface area contributed by atoms with Gasteiger partial charge in [0.25, 0.3) is 0 Å². The zero-order valence-corrected chi connectivity index (χ0v) is 22.5. The van der Waals surface area contributed by atoms with Crippen molar-refractivity contribution in [3.8, 4) is 11.5 Å². The van der Waals surface area contributed by atoms with E-state index in [4.69, 9.17) is 21.1 Å². The van der Waals surface area contributed by atoms with Gasteiger partial charge in [0.05, 0.1) is 38.0 Å². The highest BCUT2D eigenvalue weighted by molar-refractivity contribution is 9.10. The second-order valence-electron chi connectivity index (χ2n) is 6.19. The molecule has 0 aliphatic heterocycles. The second-order valence-corrected chi connectivity index (χ2v) is 8.29. The van der Waals surface area contributed by atoms with Crippen LogP contribution in [0.1, 0.15) is 13.8 Å². The number of hydrogen-bond acceptors (Lipinski definition) is 6. The molecule has 0 heterocycles. The minimum Gasteiger partial charge on any atom is -0.495 e. The third-order valence-electron chi connectivity index (χ3n) is 3.54. The van der Waals surface area contributed by atoms with Crippen LogP contribution in [-0.4, -0.2) is 51.0 Å². The molecule has 0 bridgehead atoms. The van der Waals surface area contributed by atoms with Crippen LogP contribution < -0.4 is 19.7 Å². The lowest BCUT2D eigenvalue weighted by molar-refractivity contribution is -0.117. The fraction of sp³-hybridized carbons (Fsp3) is 0.273. The molecule has 0 unspecified atom stereocenters. The third-order valence-corrected chi connectivity index (χ3v) is 4.90. The molecule has 33 heavy (non-hydrogen) atoms. The van der Waals surface area contributed by atoms with E-state index in [9.17, 15) is 19.2 Å². The Morgan fingerprint density at radius 1 is 0.970 bits per heavy atom. The maximum atomic E-state index is 11.0. The first kappa shape index (κ1) is 30.6. The molecule has 2 amide bonds. The highest BCUT2D eigenvalue weighted by Gasteiger charge is 2.13. The number of rotatable bonds is 9. The number of nitrogens with zero attached hydrogens (tertiary/aromatic N) is 1. The topological polar surface area (TPSA) is 102 Å². The van der Waals surface area contributed by atoms with Crippen molar-refractivity contribution in [3.63, 3.8) is 0 Å². The van der Waals surface area contributed by atoms with Crippen LogP contribution in [0.25, 0.3) is 0 Å². The predicted molar refractivity (Wildman–Crippen MR) is 137 cm³/mol. The average Bonchev–Trinajstić information content (AvgIpc) is 2.79. The number of hydrogen-bond donors (Lipinski definition) is 1. The Balaban J connectivity index is 0.000000530. The number of carbonyl (C=O) groups is 4. The van der Waals surface area contributed by atoms with Gasteiger partial charge in [-0.2, -0.15) is 0 Å². The summed E-state index contributed by atoms with van der Waals surface area (Å²) in [6.07, 6.45) is 1.24. The van der Waals surface area contributed by atoms with E-state index in [1.165, 1.54) is 25.9 Å². The number of Topliss-reactive ketones (excluding diaryl/α,β-unsaturated/α-hetero) is 2. The molecule has 0 saturated heterocycles. The van der Waals surface area contributed by atoms with Gasteiger partial charge in [-0.15, -0.1) is 11.6 Å². The normalized spacial score (nSPS) is 9.18. The number of alkyl halides is 1. The third kappa shape index (κ3) is 12.4. The van der Waals surface area contributed by atoms with Crippen LogP contribution in [0.15, 0.2) is 45.3 Å². The van der Waals surface area contributed by atoms with Gasteiger partial charge >= 0.3 is 0 Å². The molecule has 1 N–H and O–H groups in total. The lowest BCUT2D eigenvalue weighted by Crippen LogP contribution is -2.27. The van der Waals surface area contributed by atoms with Gasteiger partial charge in [0.2, 0.25) is 12.8 Å². The Kier molecular flexibility index (Phi) is 15.8. The Bertz CT molecular complexity index is 943. The summed E-state index contributed by atoms with van der Waals surface area (Å²) < 4.78 is 11.9. The van der Waals surface area contributed by atoms with Gasteiger partial charge in [-0.05, 0) is 50.2 Å². The maximum absolute atomic E-state index is 11.0. The summed E-state index contributed by atoms with van der Waals surface area (Å²) in [7, 11) is 3.07. The van der Waals surface area contributed by atoms with Gasteiger partial charge < -0.3 is 19.7 Å². The van der Waals surface area contributed by atoms with E-state index < -0.39 is 0 Å². The van der Waals surface area contributed by atoms with E-state index in [1.807, 2.05) is 6.07 Å². The molecule has 0 radical (unpaired) electrons. The molecule has 0 fully saturated rings. The maximum Gasteiger partial charge on any atom is 0.214 e. The number of amides is 2. The predicted octanol–water partition coefficient (Wildman–Crippen LogP) is 4.85. The van der Waals surface area contributed by atoms with Gasteiger partial charge in [-0.3, -0.25) is 19.2 Å². The van der Waals surface area contributed by atoms with Crippen LogP contribution in [0.5, 0.6) is 11.5 Å². The first-order valence-electron chi connectivity index (χ1n) is 9.27. The number of anilines is 2. The van der Waals surface area contributed by atoms with Crippen LogP contribution in [0.2, 0.25) is 0 Å². The fourth-order valence-electron chi connectivity index (χ4n) is 2.16. The number of benzene rings is 2. The zero-order valence-electron chi connectivity index (χ0n) is 18.6. The number of carbonyl (C=O) groups excluding carboxylic acids is 4. The Morgan fingerprint density at radius 3 is 1.91 bits per heavy atom. The van der Waals surface area contributed by atoms with E-state index >= 15 is 0 Å². The highest BCUT2D eigenvalue weighted by Crippen LogP contribution is 2.30. The van der Waals surface area contributed by atoms with Crippen LogP contribution in [0.3, 0.4) is 0 Å². The first-order chi connectivity index (χ1) is 15.6. The molecule has 0 atom stereocenters. The van der Waals surface area contributed by atoms with Gasteiger partial charge in [-0.25, -0.2) is 0 Å². The number of ether oxygens (including phenoxy) is 2. The molecule has 0 aromatic heterocycles. The molecule has 0 aliphatic carbocycles. The van der Waals surface area contributed by atoms with E-state index in [0.29, 0.717) is 35.7 Å². The van der Waals surface area contributed by atoms with Crippen molar-refractivity contribution in [1.82, 2.24) is 0 Å². The SMILES string of the molecule is CC(=O)CCl.COc1cc(Br)ccc1N(C=O)CC(C)=O.COc1cc(Br)ccc1NC=O.